The second-order valence-electron chi connectivity index (χ2n) is 8.56. The summed E-state index contributed by atoms with van der Waals surface area (Å²) < 4.78 is 0. The molecule has 154 valence electrons. The van der Waals surface area contributed by atoms with Gasteiger partial charge < -0.3 is 15.2 Å². The lowest BCUT2D eigenvalue weighted by Gasteiger charge is -2.28. The summed E-state index contributed by atoms with van der Waals surface area (Å²) in [5.41, 5.74) is 6.10. The molecule has 0 saturated carbocycles. The topological polar surface area (TPSA) is 85.5 Å². The highest BCUT2D eigenvalue weighted by molar-refractivity contribution is 5.97. The van der Waals surface area contributed by atoms with E-state index >= 15 is 0 Å². The van der Waals surface area contributed by atoms with Crippen molar-refractivity contribution in [1.29, 1.82) is 0 Å². The van der Waals surface area contributed by atoms with Crippen LogP contribution in [-0.4, -0.2) is 51.3 Å². The highest BCUT2D eigenvalue weighted by atomic mass is 15.2. The molecule has 0 atom stereocenters. The Morgan fingerprint density at radius 1 is 0.967 bits per heavy atom. The minimum atomic E-state index is 0.524. The number of fused-ring (bicyclic) bond motifs is 2. The Kier molecular flexibility index (Phi) is 4.41. The van der Waals surface area contributed by atoms with Gasteiger partial charge in [-0.05, 0) is 69.5 Å². The van der Waals surface area contributed by atoms with Crippen LogP contribution in [0.3, 0.4) is 0 Å². The van der Waals surface area contributed by atoms with Gasteiger partial charge in [-0.1, -0.05) is 0 Å². The minimum absolute atomic E-state index is 0.524. The summed E-state index contributed by atoms with van der Waals surface area (Å²) in [6, 6.07) is 8.53. The average Bonchev–Trinajstić information content (AvgIpc) is 3.43. The quantitative estimate of drug-likeness (QED) is 0.484. The Morgan fingerprint density at radius 2 is 1.83 bits per heavy atom. The predicted molar refractivity (Wildman–Crippen MR) is 120 cm³/mol. The lowest BCUT2D eigenvalue weighted by Crippen LogP contribution is -2.30. The van der Waals surface area contributed by atoms with Crippen molar-refractivity contribution in [2.75, 3.05) is 31.1 Å². The fourth-order valence-electron chi connectivity index (χ4n) is 4.97. The van der Waals surface area contributed by atoms with Crippen LogP contribution in [0.15, 0.2) is 30.5 Å². The molecule has 0 amide bonds. The fourth-order valence-corrected chi connectivity index (χ4v) is 4.97. The number of anilines is 1. The van der Waals surface area contributed by atoms with Crippen LogP contribution in [0.2, 0.25) is 0 Å². The van der Waals surface area contributed by atoms with E-state index in [0.29, 0.717) is 5.92 Å². The van der Waals surface area contributed by atoms with E-state index in [1.54, 1.807) is 0 Å². The maximum absolute atomic E-state index is 5.05. The summed E-state index contributed by atoms with van der Waals surface area (Å²) in [5.74, 6) is 1.61. The van der Waals surface area contributed by atoms with Crippen molar-refractivity contribution in [3.05, 3.63) is 36.2 Å². The SMILES string of the molecule is c1cc2[nH]c(-c3n[nH]c4ccc(C5CCNCC5)nc34)cc2c(N2CCCCC2)n1. The van der Waals surface area contributed by atoms with Gasteiger partial charge in [0.05, 0.1) is 16.7 Å². The first-order valence-corrected chi connectivity index (χ1v) is 11.2. The molecule has 30 heavy (non-hydrogen) atoms. The van der Waals surface area contributed by atoms with E-state index in [1.807, 2.05) is 6.20 Å². The molecule has 0 bridgehead atoms. The zero-order chi connectivity index (χ0) is 19.9. The van der Waals surface area contributed by atoms with E-state index in [4.69, 9.17) is 9.97 Å². The van der Waals surface area contributed by atoms with Crippen LogP contribution in [0.25, 0.3) is 33.3 Å². The molecule has 7 nitrogen and oxygen atoms in total. The molecule has 4 aromatic heterocycles. The maximum Gasteiger partial charge on any atom is 0.137 e. The van der Waals surface area contributed by atoms with Crippen molar-refractivity contribution < 1.29 is 0 Å². The van der Waals surface area contributed by atoms with Crippen LogP contribution in [0.5, 0.6) is 0 Å². The molecule has 0 spiro atoms. The van der Waals surface area contributed by atoms with E-state index < -0.39 is 0 Å². The second kappa shape index (κ2) is 7.40. The first-order chi connectivity index (χ1) is 14.9. The van der Waals surface area contributed by atoms with Crippen LogP contribution in [0.1, 0.15) is 43.7 Å². The van der Waals surface area contributed by atoms with Crippen molar-refractivity contribution in [2.24, 2.45) is 0 Å². The highest BCUT2D eigenvalue weighted by Crippen LogP contribution is 2.33. The standard InChI is InChI=1S/C23H27N7/c1-2-12-30(13-3-1)23-16-14-20(26-18(16)8-11-25-23)22-21-19(28-29-22)5-4-17(27-21)15-6-9-24-10-7-15/h4-5,8,11,14-15,24,26H,1-3,6-7,9-10,12-13H2,(H,28,29). The highest BCUT2D eigenvalue weighted by Gasteiger charge is 2.21. The van der Waals surface area contributed by atoms with E-state index in [9.17, 15) is 0 Å². The van der Waals surface area contributed by atoms with Crippen molar-refractivity contribution in [1.82, 2.24) is 30.5 Å². The molecule has 6 rings (SSSR count). The van der Waals surface area contributed by atoms with Gasteiger partial charge in [-0.3, -0.25) is 5.10 Å². The van der Waals surface area contributed by atoms with E-state index in [0.717, 1.165) is 72.8 Å². The molecule has 0 aliphatic carbocycles. The van der Waals surface area contributed by atoms with Crippen molar-refractivity contribution in [3.63, 3.8) is 0 Å². The Balaban J connectivity index is 1.42. The number of aromatic amines is 2. The monoisotopic (exact) mass is 401 g/mol. The molecule has 2 aliphatic heterocycles. The van der Waals surface area contributed by atoms with Gasteiger partial charge in [0.15, 0.2) is 0 Å². The number of pyridine rings is 2. The molecule has 0 radical (unpaired) electrons. The zero-order valence-electron chi connectivity index (χ0n) is 17.1. The van der Waals surface area contributed by atoms with E-state index in [1.165, 1.54) is 30.3 Å². The smallest absolute Gasteiger partial charge is 0.137 e. The van der Waals surface area contributed by atoms with Crippen molar-refractivity contribution in [2.45, 2.75) is 38.0 Å². The van der Waals surface area contributed by atoms with Crippen LogP contribution in [0, 0.1) is 0 Å². The summed E-state index contributed by atoms with van der Waals surface area (Å²) in [6.07, 6.45) is 7.98. The number of nitrogens with one attached hydrogen (secondary N) is 3. The Morgan fingerprint density at radius 3 is 2.70 bits per heavy atom. The molecule has 2 saturated heterocycles. The molecule has 0 unspecified atom stereocenters. The third-order valence-electron chi connectivity index (χ3n) is 6.62. The Bertz CT molecular complexity index is 1180. The Hall–Kier alpha value is -2.93. The van der Waals surface area contributed by atoms with Crippen LogP contribution in [0.4, 0.5) is 5.82 Å². The normalized spacial score (nSPS) is 18.5. The molecule has 2 fully saturated rings. The summed E-state index contributed by atoms with van der Waals surface area (Å²) >= 11 is 0. The number of hydrogen-bond donors (Lipinski definition) is 3. The summed E-state index contributed by atoms with van der Waals surface area (Å²) in [5, 5.41) is 12.4. The van der Waals surface area contributed by atoms with Crippen molar-refractivity contribution >= 4 is 27.8 Å². The van der Waals surface area contributed by atoms with Crippen LogP contribution < -0.4 is 10.2 Å². The van der Waals surface area contributed by atoms with Crippen LogP contribution in [-0.2, 0) is 0 Å². The number of piperidine rings is 2. The zero-order valence-corrected chi connectivity index (χ0v) is 17.1. The number of aromatic nitrogens is 5. The number of rotatable bonds is 3. The van der Waals surface area contributed by atoms with E-state index in [2.05, 4.69) is 49.7 Å². The lowest BCUT2D eigenvalue weighted by atomic mass is 9.94. The molecular formula is C23H27N7. The van der Waals surface area contributed by atoms with Gasteiger partial charge in [0, 0.05) is 36.3 Å². The van der Waals surface area contributed by atoms with Crippen LogP contribution >= 0.6 is 0 Å². The third-order valence-corrected chi connectivity index (χ3v) is 6.62. The third kappa shape index (κ3) is 3.04. The van der Waals surface area contributed by atoms with Gasteiger partial charge in [-0.15, -0.1) is 0 Å². The largest absolute Gasteiger partial charge is 0.356 e. The van der Waals surface area contributed by atoms with E-state index in [-0.39, 0.29) is 0 Å². The second-order valence-corrected chi connectivity index (χ2v) is 8.56. The average molecular weight is 402 g/mol. The molecule has 3 N–H and O–H groups in total. The van der Waals surface area contributed by atoms with Gasteiger partial charge >= 0.3 is 0 Å². The molecule has 7 heteroatoms. The minimum Gasteiger partial charge on any atom is -0.356 e. The molecule has 6 heterocycles. The number of hydrogen-bond acceptors (Lipinski definition) is 5. The number of H-pyrrole nitrogens is 2. The molecule has 4 aromatic rings. The van der Waals surface area contributed by atoms with Gasteiger partial charge in [0.1, 0.15) is 17.0 Å². The summed E-state index contributed by atoms with van der Waals surface area (Å²) in [7, 11) is 0. The molecular weight excluding hydrogens is 374 g/mol. The summed E-state index contributed by atoms with van der Waals surface area (Å²) in [4.78, 5) is 15.8. The summed E-state index contributed by atoms with van der Waals surface area (Å²) in [6.45, 7) is 4.30. The fraction of sp³-hybridized carbons (Fsp3) is 0.435. The van der Waals surface area contributed by atoms with Gasteiger partial charge in [-0.25, -0.2) is 9.97 Å². The molecule has 0 aromatic carbocycles. The maximum atomic E-state index is 5.05. The molecule has 2 aliphatic rings. The predicted octanol–water partition coefficient (Wildman–Crippen LogP) is 3.96. The first kappa shape index (κ1) is 17.9. The number of nitrogens with zero attached hydrogens (tertiary/aromatic N) is 4. The van der Waals surface area contributed by atoms with Gasteiger partial charge in [0.25, 0.3) is 0 Å². The van der Waals surface area contributed by atoms with Gasteiger partial charge in [0.2, 0.25) is 0 Å². The first-order valence-electron chi connectivity index (χ1n) is 11.2. The van der Waals surface area contributed by atoms with Gasteiger partial charge in [-0.2, -0.15) is 5.10 Å². The van der Waals surface area contributed by atoms with Crippen molar-refractivity contribution in [3.8, 4) is 11.4 Å². The lowest BCUT2D eigenvalue weighted by molar-refractivity contribution is 0.454. The Labute approximate surface area is 175 Å².